The molecular weight excluding hydrogens is 332 g/mol. The molecule has 2 N–H and O–H groups in total. The van der Waals surface area contributed by atoms with Crippen LogP contribution in [0.3, 0.4) is 0 Å². The first-order valence-corrected chi connectivity index (χ1v) is 8.94. The maximum absolute atomic E-state index is 12.3. The molecule has 0 fully saturated rings. The van der Waals surface area contributed by atoms with Gasteiger partial charge in [-0.05, 0) is 54.9 Å². The summed E-state index contributed by atoms with van der Waals surface area (Å²) in [7, 11) is 0. The van der Waals surface area contributed by atoms with Crippen molar-refractivity contribution in [1.29, 1.82) is 0 Å². The normalized spacial score (nSPS) is 11.4. The molecule has 1 amide bonds. The SMILES string of the molecule is CCCOc1ccc(C(=O)NC(=S)NC(CC)c2ccccc2)cc1. The first-order valence-electron chi connectivity index (χ1n) is 8.53. The summed E-state index contributed by atoms with van der Waals surface area (Å²) in [5, 5.41) is 6.26. The molecule has 1 unspecified atom stereocenters. The van der Waals surface area contributed by atoms with Crippen LogP contribution in [0, 0.1) is 0 Å². The Labute approximate surface area is 154 Å². The van der Waals surface area contributed by atoms with Crippen LogP contribution in [0.25, 0.3) is 0 Å². The van der Waals surface area contributed by atoms with E-state index in [1.54, 1.807) is 24.3 Å². The van der Waals surface area contributed by atoms with Crippen LogP contribution in [0.1, 0.15) is 48.7 Å². The highest BCUT2D eigenvalue weighted by Crippen LogP contribution is 2.16. The summed E-state index contributed by atoms with van der Waals surface area (Å²) < 4.78 is 5.52. The van der Waals surface area contributed by atoms with Crippen molar-refractivity contribution in [1.82, 2.24) is 10.6 Å². The first kappa shape index (κ1) is 18.9. The lowest BCUT2D eigenvalue weighted by molar-refractivity contribution is 0.0976. The molecule has 0 bridgehead atoms. The topological polar surface area (TPSA) is 50.4 Å². The number of ether oxygens (including phenoxy) is 1. The summed E-state index contributed by atoms with van der Waals surface area (Å²) in [4.78, 5) is 12.3. The Morgan fingerprint density at radius 1 is 1.08 bits per heavy atom. The zero-order valence-electron chi connectivity index (χ0n) is 14.6. The molecule has 5 heteroatoms. The maximum Gasteiger partial charge on any atom is 0.257 e. The molecule has 0 radical (unpaired) electrons. The number of carbonyl (C=O) groups is 1. The second kappa shape index (κ2) is 9.79. The Morgan fingerprint density at radius 3 is 2.36 bits per heavy atom. The van der Waals surface area contributed by atoms with Crippen LogP contribution >= 0.6 is 12.2 Å². The van der Waals surface area contributed by atoms with Crippen LogP contribution in [-0.4, -0.2) is 17.6 Å². The van der Waals surface area contributed by atoms with Gasteiger partial charge in [-0.15, -0.1) is 0 Å². The van der Waals surface area contributed by atoms with E-state index in [1.165, 1.54) is 0 Å². The van der Waals surface area contributed by atoms with E-state index in [9.17, 15) is 4.79 Å². The average molecular weight is 356 g/mol. The van der Waals surface area contributed by atoms with Crippen LogP contribution in [0.5, 0.6) is 5.75 Å². The zero-order valence-corrected chi connectivity index (χ0v) is 15.4. The molecule has 0 aliphatic rings. The third-order valence-electron chi connectivity index (χ3n) is 3.73. The van der Waals surface area contributed by atoms with Gasteiger partial charge in [-0.1, -0.05) is 44.2 Å². The number of rotatable bonds is 7. The molecule has 2 aromatic carbocycles. The highest BCUT2D eigenvalue weighted by molar-refractivity contribution is 7.80. The quantitative estimate of drug-likeness (QED) is 0.729. The summed E-state index contributed by atoms with van der Waals surface area (Å²) in [6.45, 7) is 4.79. The molecule has 0 saturated heterocycles. The first-order chi connectivity index (χ1) is 12.1. The molecule has 0 aliphatic heterocycles. The summed E-state index contributed by atoms with van der Waals surface area (Å²) in [5.74, 6) is 0.525. The highest BCUT2D eigenvalue weighted by atomic mass is 32.1. The Bertz CT molecular complexity index is 687. The van der Waals surface area contributed by atoms with Gasteiger partial charge in [-0.3, -0.25) is 10.1 Å². The Balaban J connectivity index is 1.92. The highest BCUT2D eigenvalue weighted by Gasteiger charge is 2.13. The number of hydrogen-bond acceptors (Lipinski definition) is 3. The summed E-state index contributed by atoms with van der Waals surface area (Å²) >= 11 is 5.29. The largest absolute Gasteiger partial charge is 0.494 e. The van der Waals surface area contributed by atoms with Gasteiger partial charge in [-0.2, -0.15) is 0 Å². The van der Waals surface area contributed by atoms with Gasteiger partial charge in [0, 0.05) is 5.56 Å². The monoisotopic (exact) mass is 356 g/mol. The van der Waals surface area contributed by atoms with Crippen LogP contribution < -0.4 is 15.4 Å². The standard InChI is InChI=1S/C20H24N2O2S/c1-3-14-24-17-12-10-16(11-13-17)19(23)22-20(25)21-18(4-2)15-8-6-5-7-9-15/h5-13,18H,3-4,14H2,1-2H3,(H2,21,22,23,25). The third-order valence-corrected chi connectivity index (χ3v) is 3.95. The molecule has 0 spiro atoms. The summed E-state index contributed by atoms with van der Waals surface area (Å²) in [6, 6.07) is 17.2. The molecule has 2 aromatic rings. The van der Waals surface area contributed by atoms with Gasteiger partial charge in [0.25, 0.3) is 5.91 Å². The molecule has 1 atom stereocenters. The number of amides is 1. The number of carbonyl (C=O) groups excluding carboxylic acids is 1. The van der Waals surface area contributed by atoms with Crippen molar-refractivity contribution in [2.24, 2.45) is 0 Å². The van der Waals surface area contributed by atoms with E-state index in [0.717, 1.165) is 24.2 Å². The van der Waals surface area contributed by atoms with Gasteiger partial charge in [0.2, 0.25) is 0 Å². The van der Waals surface area contributed by atoms with E-state index < -0.39 is 0 Å². The van der Waals surface area contributed by atoms with Crippen molar-refractivity contribution in [3.05, 3.63) is 65.7 Å². The van der Waals surface area contributed by atoms with Crippen LogP contribution in [-0.2, 0) is 0 Å². The molecule has 25 heavy (non-hydrogen) atoms. The summed E-state index contributed by atoms with van der Waals surface area (Å²) in [6.07, 6.45) is 1.81. The van der Waals surface area contributed by atoms with Gasteiger partial charge in [-0.25, -0.2) is 0 Å². The van der Waals surface area contributed by atoms with Crippen molar-refractivity contribution >= 4 is 23.2 Å². The molecule has 4 nitrogen and oxygen atoms in total. The Morgan fingerprint density at radius 2 is 1.76 bits per heavy atom. The van der Waals surface area contributed by atoms with E-state index in [0.29, 0.717) is 17.3 Å². The fraction of sp³-hybridized carbons (Fsp3) is 0.300. The van der Waals surface area contributed by atoms with Crippen molar-refractivity contribution in [2.75, 3.05) is 6.61 Å². The predicted molar refractivity (Wildman–Crippen MR) is 105 cm³/mol. The molecule has 0 aliphatic carbocycles. The molecule has 2 rings (SSSR count). The Kier molecular flexibility index (Phi) is 7.41. The molecular formula is C20H24N2O2S. The maximum atomic E-state index is 12.3. The van der Waals surface area contributed by atoms with E-state index in [4.69, 9.17) is 17.0 Å². The number of hydrogen-bond donors (Lipinski definition) is 2. The predicted octanol–water partition coefficient (Wildman–Crippen LogP) is 4.23. The second-order valence-electron chi connectivity index (χ2n) is 5.67. The summed E-state index contributed by atoms with van der Waals surface area (Å²) in [5.41, 5.74) is 1.68. The van der Waals surface area contributed by atoms with Crippen molar-refractivity contribution in [2.45, 2.75) is 32.7 Å². The van der Waals surface area contributed by atoms with E-state index in [-0.39, 0.29) is 11.9 Å². The van der Waals surface area contributed by atoms with Gasteiger partial charge < -0.3 is 10.1 Å². The molecule has 0 heterocycles. The molecule has 0 saturated carbocycles. The van der Waals surface area contributed by atoms with Gasteiger partial charge >= 0.3 is 0 Å². The fourth-order valence-corrected chi connectivity index (χ4v) is 2.63. The average Bonchev–Trinajstić information content (AvgIpc) is 2.65. The lowest BCUT2D eigenvalue weighted by Crippen LogP contribution is -2.40. The van der Waals surface area contributed by atoms with Crippen molar-refractivity contribution in [3.8, 4) is 5.75 Å². The second-order valence-corrected chi connectivity index (χ2v) is 6.08. The minimum atomic E-state index is -0.234. The Hall–Kier alpha value is -2.40. The van der Waals surface area contributed by atoms with E-state index in [1.807, 2.05) is 30.3 Å². The van der Waals surface area contributed by atoms with Crippen molar-refractivity contribution < 1.29 is 9.53 Å². The lowest BCUT2D eigenvalue weighted by Gasteiger charge is -2.19. The number of nitrogens with one attached hydrogen (secondary N) is 2. The van der Waals surface area contributed by atoms with Crippen LogP contribution in [0.2, 0.25) is 0 Å². The number of benzene rings is 2. The third kappa shape index (κ3) is 5.87. The van der Waals surface area contributed by atoms with Gasteiger partial charge in [0.05, 0.1) is 12.6 Å². The smallest absolute Gasteiger partial charge is 0.257 e. The number of thiocarbonyl (C=S) groups is 1. The van der Waals surface area contributed by atoms with Crippen LogP contribution in [0.4, 0.5) is 0 Å². The molecule has 0 aromatic heterocycles. The van der Waals surface area contributed by atoms with E-state index >= 15 is 0 Å². The van der Waals surface area contributed by atoms with Gasteiger partial charge in [0.1, 0.15) is 5.75 Å². The van der Waals surface area contributed by atoms with Gasteiger partial charge in [0.15, 0.2) is 5.11 Å². The lowest BCUT2D eigenvalue weighted by atomic mass is 10.1. The van der Waals surface area contributed by atoms with Crippen molar-refractivity contribution in [3.63, 3.8) is 0 Å². The fourth-order valence-electron chi connectivity index (χ4n) is 2.40. The van der Waals surface area contributed by atoms with E-state index in [2.05, 4.69) is 24.5 Å². The minimum absolute atomic E-state index is 0.0684. The molecule has 132 valence electrons. The van der Waals surface area contributed by atoms with Crippen LogP contribution in [0.15, 0.2) is 54.6 Å². The minimum Gasteiger partial charge on any atom is -0.494 e. The zero-order chi connectivity index (χ0) is 18.1.